The summed E-state index contributed by atoms with van der Waals surface area (Å²) in [5.74, 6) is 0. The van der Waals surface area contributed by atoms with E-state index in [0.29, 0.717) is 0 Å². The molecular weight excluding hydrogens is 637 g/mol. The Kier molecular flexibility index (Phi) is 8.01. The number of rotatable bonds is 8. The Labute approximate surface area is 306 Å². The van der Waals surface area contributed by atoms with Gasteiger partial charge in [0.25, 0.3) is 0 Å². The van der Waals surface area contributed by atoms with Crippen LogP contribution in [0.1, 0.15) is 37.8 Å². The average molecular weight is 677 g/mol. The van der Waals surface area contributed by atoms with E-state index < -0.39 is 0 Å². The predicted octanol–water partition coefficient (Wildman–Crippen LogP) is 13.2. The smallest absolute Gasteiger partial charge is 0.0880 e. The van der Waals surface area contributed by atoms with E-state index in [1.54, 1.807) is 0 Å². The Morgan fingerprint density at radius 3 is 1.84 bits per heavy atom. The second-order valence-electron chi connectivity index (χ2n) is 14.1. The zero-order valence-electron chi connectivity index (χ0n) is 29.0. The molecule has 51 heavy (non-hydrogen) atoms. The van der Waals surface area contributed by atoms with Crippen LogP contribution in [0.5, 0.6) is 0 Å². The molecule has 6 aromatic carbocycles. The maximum absolute atomic E-state index is 2.49. The first kappa shape index (κ1) is 31.5. The molecule has 1 heterocycles. The molecule has 0 spiro atoms. The maximum atomic E-state index is 2.49. The molecule has 0 aromatic heterocycles. The van der Waals surface area contributed by atoms with E-state index in [1.165, 1.54) is 72.3 Å². The van der Waals surface area contributed by atoms with Gasteiger partial charge in [0.15, 0.2) is 0 Å². The van der Waals surface area contributed by atoms with Gasteiger partial charge in [0.05, 0.1) is 5.37 Å². The van der Waals surface area contributed by atoms with Crippen molar-refractivity contribution in [1.29, 1.82) is 0 Å². The lowest BCUT2D eigenvalue weighted by Crippen LogP contribution is -2.26. The molecule has 9 rings (SSSR count). The van der Waals surface area contributed by atoms with Crippen molar-refractivity contribution in [3.63, 3.8) is 0 Å². The Morgan fingerprint density at radius 2 is 1.14 bits per heavy atom. The number of hydrogen-bond acceptors (Lipinski definition) is 3. The van der Waals surface area contributed by atoms with Crippen LogP contribution in [0, 0.1) is 0 Å². The minimum absolute atomic E-state index is 0.0237. The van der Waals surface area contributed by atoms with Crippen molar-refractivity contribution in [2.24, 2.45) is 0 Å². The summed E-state index contributed by atoms with van der Waals surface area (Å²) in [5.41, 5.74) is 15.4. The number of thioether (sulfide) groups is 1. The zero-order valence-corrected chi connectivity index (χ0v) is 29.9. The topological polar surface area (TPSA) is 6.48 Å². The minimum atomic E-state index is -0.0237. The molecule has 6 aromatic rings. The average Bonchev–Trinajstić information content (AvgIpc) is 3.92. The van der Waals surface area contributed by atoms with Crippen LogP contribution in [0.3, 0.4) is 0 Å². The van der Waals surface area contributed by atoms with Gasteiger partial charge in [-0.15, -0.1) is 11.8 Å². The van der Waals surface area contributed by atoms with Crippen molar-refractivity contribution in [1.82, 2.24) is 0 Å². The lowest BCUT2D eigenvalue weighted by Gasteiger charge is -2.31. The van der Waals surface area contributed by atoms with Crippen LogP contribution in [0.2, 0.25) is 0 Å². The summed E-state index contributed by atoms with van der Waals surface area (Å²) in [4.78, 5) is 6.35. The molecule has 0 amide bonds. The molecule has 2 aliphatic carbocycles. The van der Waals surface area contributed by atoms with Crippen LogP contribution < -0.4 is 9.80 Å². The molecule has 0 radical (unpaired) electrons. The number of benzene rings is 6. The van der Waals surface area contributed by atoms with Crippen LogP contribution >= 0.6 is 11.8 Å². The highest BCUT2D eigenvalue weighted by Crippen LogP contribution is 2.51. The standard InChI is InChI=1S/C48H40N2S/c1-48(2)44-21-13-12-20-42(44)43-33-41(28-29-45(43)48)49(39-25-22-35(23-26-39)34-14-6-3-7-15-34)40-27-24-36(32-40)46-30-31-47(51-46)50(37-16-8-4-9-17-37)38-18-10-5-11-19-38/h3-30,33,47H,31-32H2,1-2H3. The van der Waals surface area contributed by atoms with E-state index in [-0.39, 0.29) is 10.8 Å². The van der Waals surface area contributed by atoms with Gasteiger partial charge in [0.1, 0.15) is 0 Å². The normalized spacial score (nSPS) is 16.9. The third kappa shape index (κ3) is 5.72. The van der Waals surface area contributed by atoms with Gasteiger partial charge >= 0.3 is 0 Å². The summed E-state index contributed by atoms with van der Waals surface area (Å²) in [6.07, 6.45) is 9.00. The first-order valence-corrected chi connectivity index (χ1v) is 18.8. The molecule has 0 saturated heterocycles. The minimum Gasteiger partial charge on any atom is -0.328 e. The van der Waals surface area contributed by atoms with E-state index in [2.05, 4.69) is 200 Å². The fraction of sp³-hybridized carbons (Fsp3) is 0.125. The molecule has 1 aliphatic heterocycles. The molecule has 0 saturated carbocycles. The van der Waals surface area contributed by atoms with E-state index in [0.717, 1.165) is 12.8 Å². The highest BCUT2D eigenvalue weighted by atomic mass is 32.2. The number of para-hydroxylation sites is 2. The van der Waals surface area contributed by atoms with Crippen LogP contribution in [0.4, 0.5) is 22.7 Å². The van der Waals surface area contributed by atoms with Crippen molar-refractivity contribution in [2.75, 3.05) is 9.80 Å². The van der Waals surface area contributed by atoms with Gasteiger partial charge in [0, 0.05) is 45.2 Å². The monoisotopic (exact) mass is 676 g/mol. The highest BCUT2D eigenvalue weighted by Gasteiger charge is 2.36. The number of fused-ring (bicyclic) bond motifs is 3. The summed E-state index contributed by atoms with van der Waals surface area (Å²) < 4.78 is 0. The summed E-state index contributed by atoms with van der Waals surface area (Å²) in [6.45, 7) is 4.70. The fourth-order valence-corrected chi connectivity index (χ4v) is 9.39. The van der Waals surface area contributed by atoms with Crippen LogP contribution in [-0.4, -0.2) is 5.37 Å². The fourth-order valence-electron chi connectivity index (χ4n) is 8.07. The first-order chi connectivity index (χ1) is 25.0. The van der Waals surface area contributed by atoms with Crippen LogP contribution in [0.15, 0.2) is 192 Å². The van der Waals surface area contributed by atoms with Gasteiger partial charge in [-0.1, -0.05) is 135 Å². The molecule has 0 N–H and O–H groups in total. The third-order valence-electron chi connectivity index (χ3n) is 10.6. The lowest BCUT2D eigenvalue weighted by molar-refractivity contribution is 0.660. The van der Waals surface area contributed by atoms with Gasteiger partial charge in [0.2, 0.25) is 0 Å². The number of allylic oxidation sites excluding steroid dienone is 4. The first-order valence-electron chi connectivity index (χ1n) is 17.9. The Morgan fingerprint density at radius 1 is 0.549 bits per heavy atom. The van der Waals surface area contributed by atoms with Gasteiger partial charge < -0.3 is 9.80 Å². The number of hydrogen-bond donors (Lipinski definition) is 0. The van der Waals surface area contributed by atoms with E-state index in [4.69, 9.17) is 0 Å². The Balaban J connectivity index is 1.03. The summed E-state index contributed by atoms with van der Waals surface area (Å²) in [5, 5.41) is 0.288. The maximum Gasteiger partial charge on any atom is 0.0880 e. The molecule has 0 bridgehead atoms. The van der Waals surface area contributed by atoms with Crippen LogP contribution in [-0.2, 0) is 5.41 Å². The molecule has 1 unspecified atom stereocenters. The van der Waals surface area contributed by atoms with Crippen molar-refractivity contribution in [3.8, 4) is 22.3 Å². The van der Waals surface area contributed by atoms with Crippen LogP contribution in [0.25, 0.3) is 22.3 Å². The molecule has 3 heteroatoms. The molecule has 0 fully saturated rings. The number of anilines is 4. The van der Waals surface area contributed by atoms with E-state index in [1.807, 2.05) is 11.8 Å². The quantitative estimate of drug-likeness (QED) is 0.158. The van der Waals surface area contributed by atoms with E-state index in [9.17, 15) is 0 Å². The SMILES string of the molecule is CC1(C)c2ccccc2-c2cc(N(C3=CC=C(C4=CCC(N(c5ccccc5)c5ccccc5)S4)C3)c3ccc(-c4ccccc4)cc3)ccc21. The van der Waals surface area contributed by atoms with Crippen molar-refractivity contribution < 1.29 is 0 Å². The second-order valence-corrected chi connectivity index (χ2v) is 15.3. The summed E-state index contributed by atoms with van der Waals surface area (Å²) in [7, 11) is 0. The second kappa shape index (κ2) is 13.0. The highest BCUT2D eigenvalue weighted by molar-refractivity contribution is 8.04. The van der Waals surface area contributed by atoms with Crippen molar-refractivity contribution >= 4 is 34.5 Å². The Hall–Kier alpha value is -5.51. The Bertz CT molecular complexity index is 2260. The van der Waals surface area contributed by atoms with Gasteiger partial charge in [-0.3, -0.25) is 0 Å². The predicted molar refractivity (Wildman–Crippen MR) is 218 cm³/mol. The molecule has 1 atom stereocenters. The van der Waals surface area contributed by atoms with Gasteiger partial charge in [-0.2, -0.15) is 0 Å². The van der Waals surface area contributed by atoms with Crippen molar-refractivity contribution in [2.45, 2.75) is 37.5 Å². The molecule has 3 aliphatic rings. The van der Waals surface area contributed by atoms with Gasteiger partial charge in [-0.25, -0.2) is 0 Å². The summed E-state index contributed by atoms with van der Waals surface area (Å²) in [6, 6.07) is 57.4. The zero-order chi connectivity index (χ0) is 34.4. The lowest BCUT2D eigenvalue weighted by atomic mass is 9.82. The summed E-state index contributed by atoms with van der Waals surface area (Å²) >= 11 is 1.99. The molecule has 248 valence electrons. The largest absolute Gasteiger partial charge is 0.328 e. The van der Waals surface area contributed by atoms with E-state index >= 15 is 0 Å². The van der Waals surface area contributed by atoms with Crippen molar-refractivity contribution in [3.05, 3.63) is 203 Å². The molecular formula is C48H40N2S. The number of nitrogens with zero attached hydrogens (tertiary/aromatic N) is 2. The van der Waals surface area contributed by atoms with Gasteiger partial charge in [-0.05, 0) is 100.0 Å². The molecule has 2 nitrogen and oxygen atoms in total. The third-order valence-corrected chi connectivity index (χ3v) is 12.0.